The van der Waals surface area contributed by atoms with Gasteiger partial charge in [0.1, 0.15) is 5.82 Å². The fraction of sp³-hybridized carbons (Fsp3) is 0.308. The number of anilines is 1. The summed E-state index contributed by atoms with van der Waals surface area (Å²) in [6.07, 6.45) is 0. The van der Waals surface area contributed by atoms with Crippen LogP contribution in [0.25, 0.3) is 11.4 Å². The Morgan fingerprint density at radius 3 is 2.63 bits per heavy atom. The van der Waals surface area contributed by atoms with E-state index < -0.39 is 0 Å². The van der Waals surface area contributed by atoms with Crippen molar-refractivity contribution in [2.45, 2.75) is 13.8 Å². The summed E-state index contributed by atoms with van der Waals surface area (Å²) in [7, 11) is 0. The fourth-order valence-corrected chi connectivity index (χ4v) is 1.55. The summed E-state index contributed by atoms with van der Waals surface area (Å²) in [6.45, 7) is 3.97. The summed E-state index contributed by atoms with van der Waals surface area (Å²) in [5.41, 5.74) is 7.08. The molecule has 19 heavy (non-hydrogen) atoms. The van der Waals surface area contributed by atoms with Gasteiger partial charge in [0.25, 0.3) is 0 Å². The minimum absolute atomic E-state index is 0.0796. The summed E-state index contributed by atoms with van der Waals surface area (Å²) in [6, 6.07) is 7.38. The molecule has 1 aromatic heterocycles. The lowest BCUT2D eigenvalue weighted by atomic mass is 10.1. The van der Waals surface area contributed by atoms with Gasteiger partial charge in [0.2, 0.25) is 5.91 Å². The van der Waals surface area contributed by atoms with Gasteiger partial charge in [-0.3, -0.25) is 9.89 Å². The van der Waals surface area contributed by atoms with Crippen molar-refractivity contribution < 1.29 is 4.79 Å². The maximum absolute atomic E-state index is 11.7. The van der Waals surface area contributed by atoms with E-state index in [0.29, 0.717) is 12.4 Å². The lowest BCUT2D eigenvalue weighted by Gasteiger charge is -2.09. The van der Waals surface area contributed by atoms with Crippen LogP contribution in [0.2, 0.25) is 0 Å². The number of carbonyl (C=O) groups excluding carboxylic acids is 1. The second-order valence-electron chi connectivity index (χ2n) is 4.45. The van der Waals surface area contributed by atoms with Gasteiger partial charge in [-0.25, -0.2) is 4.98 Å². The summed E-state index contributed by atoms with van der Waals surface area (Å²) in [5, 5.41) is 9.68. The largest absolute Gasteiger partial charge is 0.330 e. The average Bonchev–Trinajstić information content (AvgIpc) is 2.85. The number of hydrogen-bond donors (Lipinski definition) is 3. The first kappa shape index (κ1) is 13.2. The minimum atomic E-state index is -0.199. The Labute approximate surface area is 111 Å². The first-order valence-electron chi connectivity index (χ1n) is 6.10. The zero-order chi connectivity index (χ0) is 13.8. The number of nitrogens with zero attached hydrogens (tertiary/aromatic N) is 2. The van der Waals surface area contributed by atoms with E-state index in [9.17, 15) is 4.79 Å². The number of nitrogens with one attached hydrogen (secondary N) is 2. The molecule has 0 spiro atoms. The van der Waals surface area contributed by atoms with Crippen molar-refractivity contribution in [2.24, 2.45) is 11.7 Å². The number of carbonyl (C=O) groups is 1. The SMILES string of the molecule is Cc1nc(-c2ccc(NC(=O)C(C)CN)cc2)n[nH]1. The van der Waals surface area contributed by atoms with Gasteiger partial charge in [-0.1, -0.05) is 6.92 Å². The molecule has 0 saturated heterocycles. The van der Waals surface area contributed by atoms with Crippen LogP contribution in [0.15, 0.2) is 24.3 Å². The van der Waals surface area contributed by atoms with E-state index >= 15 is 0 Å². The van der Waals surface area contributed by atoms with Crippen molar-refractivity contribution in [3.63, 3.8) is 0 Å². The lowest BCUT2D eigenvalue weighted by molar-refractivity contribution is -0.119. The first-order valence-corrected chi connectivity index (χ1v) is 6.10. The normalized spacial score (nSPS) is 12.2. The Bertz CT molecular complexity index is 561. The van der Waals surface area contributed by atoms with Gasteiger partial charge in [-0.05, 0) is 31.2 Å². The highest BCUT2D eigenvalue weighted by molar-refractivity contribution is 5.92. The van der Waals surface area contributed by atoms with Crippen LogP contribution in [-0.4, -0.2) is 27.6 Å². The summed E-state index contributed by atoms with van der Waals surface area (Å²) >= 11 is 0. The number of amides is 1. The Kier molecular flexibility index (Phi) is 3.91. The summed E-state index contributed by atoms with van der Waals surface area (Å²) < 4.78 is 0. The highest BCUT2D eigenvalue weighted by Gasteiger charge is 2.11. The molecule has 0 fully saturated rings. The zero-order valence-corrected chi connectivity index (χ0v) is 11.0. The molecule has 1 aromatic carbocycles. The number of H-pyrrole nitrogens is 1. The predicted octanol–water partition coefficient (Wildman–Crippen LogP) is 1.31. The van der Waals surface area contributed by atoms with E-state index in [1.807, 2.05) is 31.2 Å². The van der Waals surface area contributed by atoms with Crippen LogP contribution >= 0.6 is 0 Å². The molecule has 0 aliphatic heterocycles. The van der Waals surface area contributed by atoms with Crippen molar-refractivity contribution in [3.8, 4) is 11.4 Å². The number of aromatic nitrogens is 3. The smallest absolute Gasteiger partial charge is 0.228 e. The van der Waals surface area contributed by atoms with Gasteiger partial charge >= 0.3 is 0 Å². The van der Waals surface area contributed by atoms with Gasteiger partial charge in [0.05, 0.1) is 0 Å². The summed E-state index contributed by atoms with van der Waals surface area (Å²) in [4.78, 5) is 15.9. The third-order valence-electron chi connectivity index (χ3n) is 2.81. The second-order valence-corrected chi connectivity index (χ2v) is 4.45. The standard InChI is InChI=1S/C13H17N5O/c1-8(7-14)13(19)16-11-5-3-10(4-6-11)12-15-9(2)17-18-12/h3-6,8H,7,14H2,1-2H3,(H,16,19)(H,15,17,18). The van der Waals surface area contributed by atoms with Crippen molar-refractivity contribution in [1.29, 1.82) is 0 Å². The number of rotatable bonds is 4. The molecule has 0 bridgehead atoms. The van der Waals surface area contributed by atoms with Crippen LogP contribution in [0.4, 0.5) is 5.69 Å². The van der Waals surface area contributed by atoms with Crippen molar-refractivity contribution >= 4 is 11.6 Å². The van der Waals surface area contributed by atoms with Crippen molar-refractivity contribution in [1.82, 2.24) is 15.2 Å². The molecule has 1 amide bonds. The molecule has 4 N–H and O–H groups in total. The lowest BCUT2D eigenvalue weighted by Crippen LogP contribution is -2.26. The van der Waals surface area contributed by atoms with Crippen molar-refractivity contribution in [3.05, 3.63) is 30.1 Å². The molecular formula is C13H17N5O. The number of hydrogen-bond acceptors (Lipinski definition) is 4. The third kappa shape index (κ3) is 3.17. The Morgan fingerprint density at radius 2 is 2.11 bits per heavy atom. The van der Waals surface area contributed by atoms with Gasteiger partial charge in [-0.2, -0.15) is 5.10 Å². The van der Waals surface area contributed by atoms with E-state index in [0.717, 1.165) is 17.1 Å². The van der Waals surface area contributed by atoms with Gasteiger partial charge < -0.3 is 11.1 Å². The maximum atomic E-state index is 11.7. The molecule has 6 heteroatoms. The maximum Gasteiger partial charge on any atom is 0.228 e. The molecule has 2 rings (SSSR count). The molecule has 0 aliphatic carbocycles. The van der Waals surface area contributed by atoms with E-state index in [1.165, 1.54) is 0 Å². The number of benzene rings is 1. The number of nitrogens with two attached hydrogens (primary N) is 1. The third-order valence-corrected chi connectivity index (χ3v) is 2.81. The van der Waals surface area contributed by atoms with Crippen LogP contribution in [0.3, 0.4) is 0 Å². The molecule has 1 atom stereocenters. The Morgan fingerprint density at radius 1 is 1.42 bits per heavy atom. The first-order chi connectivity index (χ1) is 9.10. The number of aromatic amines is 1. The topological polar surface area (TPSA) is 96.7 Å². The minimum Gasteiger partial charge on any atom is -0.330 e. The van der Waals surface area contributed by atoms with Gasteiger partial charge in [0, 0.05) is 23.7 Å². The molecule has 100 valence electrons. The molecule has 0 saturated carbocycles. The monoisotopic (exact) mass is 259 g/mol. The van der Waals surface area contributed by atoms with Crippen LogP contribution in [-0.2, 0) is 4.79 Å². The van der Waals surface area contributed by atoms with Crippen LogP contribution in [0.1, 0.15) is 12.7 Å². The van der Waals surface area contributed by atoms with Gasteiger partial charge in [-0.15, -0.1) is 0 Å². The zero-order valence-electron chi connectivity index (χ0n) is 11.0. The molecule has 1 unspecified atom stereocenters. The highest BCUT2D eigenvalue weighted by Crippen LogP contribution is 2.18. The second kappa shape index (κ2) is 5.62. The number of aryl methyl sites for hydroxylation is 1. The Hall–Kier alpha value is -2.21. The molecular weight excluding hydrogens is 242 g/mol. The molecule has 6 nitrogen and oxygen atoms in total. The Balaban J connectivity index is 2.08. The van der Waals surface area contributed by atoms with Crippen molar-refractivity contribution in [2.75, 3.05) is 11.9 Å². The quantitative estimate of drug-likeness (QED) is 0.771. The molecule has 1 heterocycles. The molecule has 0 aliphatic rings. The van der Waals surface area contributed by atoms with E-state index in [4.69, 9.17) is 5.73 Å². The van der Waals surface area contributed by atoms with Crippen LogP contribution < -0.4 is 11.1 Å². The van der Waals surface area contributed by atoms with E-state index in [2.05, 4.69) is 20.5 Å². The van der Waals surface area contributed by atoms with Crippen LogP contribution in [0, 0.1) is 12.8 Å². The summed E-state index contributed by atoms with van der Waals surface area (Å²) in [5.74, 6) is 1.13. The highest BCUT2D eigenvalue weighted by atomic mass is 16.1. The van der Waals surface area contributed by atoms with Gasteiger partial charge in [0.15, 0.2) is 5.82 Å². The van der Waals surface area contributed by atoms with Crippen LogP contribution in [0.5, 0.6) is 0 Å². The van der Waals surface area contributed by atoms with E-state index in [1.54, 1.807) is 6.92 Å². The molecule has 2 aromatic rings. The predicted molar refractivity (Wildman–Crippen MR) is 73.4 cm³/mol. The molecule has 0 radical (unpaired) electrons. The van der Waals surface area contributed by atoms with E-state index in [-0.39, 0.29) is 11.8 Å². The average molecular weight is 259 g/mol. The fourth-order valence-electron chi connectivity index (χ4n) is 1.55.